The van der Waals surface area contributed by atoms with Crippen molar-refractivity contribution in [2.45, 2.75) is 67.2 Å². The van der Waals surface area contributed by atoms with Gasteiger partial charge in [-0.05, 0) is 48.3 Å². The molecule has 2 heteroatoms. The van der Waals surface area contributed by atoms with Crippen LogP contribution in [0.4, 0.5) is 0 Å². The van der Waals surface area contributed by atoms with Crippen molar-refractivity contribution in [1.29, 1.82) is 0 Å². The second kappa shape index (κ2) is 3.70. The SMILES string of the molecule is CC1(C)[C@@H]2CC[C@@]1(C)C(=O)[C@H]2[C@@H]1C(=O)[C@]2(C)CC[C@H]1C2(C)C. The molecule has 4 saturated carbocycles. The number of hydrogen-bond donors (Lipinski definition) is 0. The highest BCUT2D eigenvalue weighted by Crippen LogP contribution is 2.73. The molecule has 4 aliphatic carbocycles. The Labute approximate surface area is 134 Å². The molecular formula is C20H30O2. The average Bonchev–Trinajstić information content (AvgIpc) is 2.90. The molecular weight excluding hydrogens is 272 g/mol. The van der Waals surface area contributed by atoms with Gasteiger partial charge >= 0.3 is 0 Å². The van der Waals surface area contributed by atoms with Crippen LogP contribution in [0.1, 0.15) is 67.2 Å². The smallest absolute Gasteiger partial charge is 0.143 e. The standard InChI is InChI=1S/C20H30O2/c1-17(2)11-7-9-19(17,5)15(21)13(11)14-12-8-10-20(6,16(14)22)18(12,3)4/h11-14H,7-10H2,1-6H3/t11-,12-,13-,14-,19+,20+/m1/s1. The molecule has 22 heavy (non-hydrogen) atoms. The van der Waals surface area contributed by atoms with E-state index < -0.39 is 0 Å². The van der Waals surface area contributed by atoms with E-state index in [4.69, 9.17) is 0 Å². The van der Waals surface area contributed by atoms with Crippen LogP contribution in [0, 0.1) is 45.3 Å². The zero-order valence-corrected chi connectivity index (χ0v) is 15.0. The van der Waals surface area contributed by atoms with Crippen molar-refractivity contribution in [3.05, 3.63) is 0 Å². The Balaban J connectivity index is 1.80. The third-order valence-electron chi connectivity index (χ3n) is 9.56. The highest BCUT2D eigenvalue weighted by Gasteiger charge is 2.74. The van der Waals surface area contributed by atoms with Crippen molar-refractivity contribution >= 4 is 11.6 Å². The molecule has 0 saturated heterocycles. The lowest BCUT2D eigenvalue weighted by Gasteiger charge is -2.34. The molecule has 4 fully saturated rings. The summed E-state index contributed by atoms with van der Waals surface area (Å²) in [7, 11) is 0. The van der Waals surface area contributed by atoms with E-state index in [1.165, 1.54) is 0 Å². The molecule has 0 N–H and O–H groups in total. The highest BCUT2D eigenvalue weighted by atomic mass is 16.1. The van der Waals surface area contributed by atoms with Gasteiger partial charge in [-0.2, -0.15) is 0 Å². The fourth-order valence-electron chi connectivity index (χ4n) is 7.14. The van der Waals surface area contributed by atoms with E-state index in [1.807, 2.05) is 0 Å². The minimum Gasteiger partial charge on any atom is -0.299 e. The van der Waals surface area contributed by atoms with Crippen LogP contribution in [-0.4, -0.2) is 11.6 Å². The van der Waals surface area contributed by atoms with Gasteiger partial charge in [0.05, 0.1) is 0 Å². The molecule has 0 spiro atoms. The van der Waals surface area contributed by atoms with Crippen molar-refractivity contribution < 1.29 is 9.59 Å². The van der Waals surface area contributed by atoms with Gasteiger partial charge in [0.2, 0.25) is 0 Å². The van der Waals surface area contributed by atoms with Gasteiger partial charge in [-0.1, -0.05) is 41.5 Å². The first-order valence-electron chi connectivity index (χ1n) is 9.09. The summed E-state index contributed by atoms with van der Waals surface area (Å²) in [6.07, 6.45) is 4.31. The maximum atomic E-state index is 13.3. The first-order chi connectivity index (χ1) is 10.00. The predicted octanol–water partition coefficient (Wildman–Crippen LogP) is 4.27. The maximum absolute atomic E-state index is 13.3. The number of carbonyl (C=O) groups excluding carboxylic acids is 2. The highest BCUT2D eigenvalue weighted by molar-refractivity contribution is 6.00. The molecule has 0 aromatic carbocycles. The monoisotopic (exact) mass is 302 g/mol. The molecule has 4 bridgehead atoms. The lowest BCUT2D eigenvalue weighted by Crippen LogP contribution is -2.41. The van der Waals surface area contributed by atoms with E-state index in [-0.39, 0.29) is 33.5 Å². The average molecular weight is 302 g/mol. The van der Waals surface area contributed by atoms with Crippen LogP contribution in [0.2, 0.25) is 0 Å². The van der Waals surface area contributed by atoms with E-state index in [9.17, 15) is 9.59 Å². The van der Waals surface area contributed by atoms with Crippen LogP contribution >= 0.6 is 0 Å². The third kappa shape index (κ3) is 1.21. The Hall–Kier alpha value is -0.660. The zero-order chi connectivity index (χ0) is 16.3. The predicted molar refractivity (Wildman–Crippen MR) is 86.2 cm³/mol. The van der Waals surface area contributed by atoms with Gasteiger partial charge in [0.1, 0.15) is 11.6 Å². The van der Waals surface area contributed by atoms with Crippen molar-refractivity contribution in [2.24, 2.45) is 45.3 Å². The number of fused-ring (bicyclic) bond motifs is 4. The van der Waals surface area contributed by atoms with E-state index in [0.29, 0.717) is 23.4 Å². The first-order valence-corrected chi connectivity index (χ1v) is 9.09. The number of carbonyl (C=O) groups is 2. The molecule has 0 aromatic rings. The van der Waals surface area contributed by atoms with E-state index >= 15 is 0 Å². The van der Waals surface area contributed by atoms with Crippen molar-refractivity contribution in [2.75, 3.05) is 0 Å². The summed E-state index contributed by atoms with van der Waals surface area (Å²) in [5, 5.41) is 0. The van der Waals surface area contributed by atoms with Crippen LogP contribution in [0.3, 0.4) is 0 Å². The fraction of sp³-hybridized carbons (Fsp3) is 0.900. The summed E-state index contributed by atoms with van der Waals surface area (Å²) < 4.78 is 0. The Morgan fingerprint density at radius 2 is 1.00 bits per heavy atom. The summed E-state index contributed by atoms with van der Waals surface area (Å²) in [5.41, 5.74) is -0.283. The molecule has 122 valence electrons. The van der Waals surface area contributed by atoms with Gasteiger partial charge < -0.3 is 0 Å². The Morgan fingerprint density at radius 3 is 1.23 bits per heavy atom. The minimum absolute atomic E-state index is 0.00708. The van der Waals surface area contributed by atoms with Gasteiger partial charge in [-0.25, -0.2) is 0 Å². The molecule has 2 nitrogen and oxygen atoms in total. The second-order valence-corrected chi connectivity index (χ2v) is 10.2. The van der Waals surface area contributed by atoms with Crippen molar-refractivity contribution in [3.63, 3.8) is 0 Å². The molecule has 0 radical (unpaired) electrons. The topological polar surface area (TPSA) is 34.1 Å². The van der Waals surface area contributed by atoms with Gasteiger partial charge in [0.15, 0.2) is 0 Å². The van der Waals surface area contributed by atoms with Crippen molar-refractivity contribution in [1.82, 2.24) is 0 Å². The van der Waals surface area contributed by atoms with E-state index in [0.717, 1.165) is 25.7 Å². The van der Waals surface area contributed by atoms with Gasteiger partial charge in [0, 0.05) is 22.7 Å². The van der Waals surface area contributed by atoms with Gasteiger partial charge in [-0.15, -0.1) is 0 Å². The van der Waals surface area contributed by atoms with Gasteiger partial charge in [0.25, 0.3) is 0 Å². The van der Waals surface area contributed by atoms with Crippen LogP contribution < -0.4 is 0 Å². The number of rotatable bonds is 1. The van der Waals surface area contributed by atoms with Crippen molar-refractivity contribution in [3.8, 4) is 0 Å². The zero-order valence-electron chi connectivity index (χ0n) is 15.0. The molecule has 0 heterocycles. The van der Waals surface area contributed by atoms with E-state index in [2.05, 4.69) is 41.5 Å². The maximum Gasteiger partial charge on any atom is 0.143 e. The van der Waals surface area contributed by atoms with Crippen LogP contribution in [0.5, 0.6) is 0 Å². The lowest BCUT2D eigenvalue weighted by molar-refractivity contribution is -0.141. The molecule has 6 atom stereocenters. The summed E-state index contributed by atoms with van der Waals surface area (Å²) >= 11 is 0. The van der Waals surface area contributed by atoms with Crippen LogP contribution in [-0.2, 0) is 9.59 Å². The van der Waals surface area contributed by atoms with E-state index in [1.54, 1.807) is 0 Å². The molecule has 0 aromatic heterocycles. The first kappa shape index (κ1) is 14.9. The van der Waals surface area contributed by atoms with Crippen LogP contribution in [0.25, 0.3) is 0 Å². The minimum atomic E-state index is -0.199. The van der Waals surface area contributed by atoms with Gasteiger partial charge in [-0.3, -0.25) is 9.59 Å². The Kier molecular flexibility index (Phi) is 2.51. The second-order valence-electron chi connectivity index (χ2n) is 10.2. The fourth-order valence-corrected chi connectivity index (χ4v) is 7.14. The molecule has 0 unspecified atom stereocenters. The third-order valence-corrected chi connectivity index (χ3v) is 9.56. The summed E-state index contributed by atoms with van der Waals surface area (Å²) in [6, 6.07) is 0. The summed E-state index contributed by atoms with van der Waals surface area (Å²) in [6.45, 7) is 13.4. The molecule has 4 aliphatic rings. The Morgan fingerprint density at radius 1 is 0.682 bits per heavy atom. The normalized spacial score (nSPS) is 54.5. The number of Topliss-reactive ketones (excluding diaryl/α,β-unsaturated/α-hetero) is 2. The summed E-state index contributed by atoms with van der Waals surface area (Å²) in [5.74, 6) is 1.67. The molecule has 4 rings (SSSR count). The number of ketones is 2. The number of hydrogen-bond acceptors (Lipinski definition) is 2. The molecule has 0 aliphatic heterocycles. The lowest BCUT2D eigenvalue weighted by atomic mass is 9.67. The molecule has 0 amide bonds. The largest absolute Gasteiger partial charge is 0.299 e. The summed E-state index contributed by atoms with van der Waals surface area (Å²) in [4.78, 5) is 26.6. The quantitative estimate of drug-likeness (QED) is 0.725. The Bertz CT molecular complexity index is 535. The van der Waals surface area contributed by atoms with Crippen LogP contribution in [0.15, 0.2) is 0 Å².